The fourth-order valence-corrected chi connectivity index (χ4v) is 3.90. The number of nitrogens with one attached hydrogen (secondary N) is 3. The second-order valence-corrected chi connectivity index (χ2v) is 7.65. The Labute approximate surface area is 152 Å². The molecule has 0 saturated carbocycles. The molecule has 6 nitrogen and oxygen atoms in total. The van der Waals surface area contributed by atoms with Gasteiger partial charge in [-0.25, -0.2) is 17.5 Å². The van der Waals surface area contributed by atoms with Gasteiger partial charge in [-0.2, -0.15) is 0 Å². The number of piperidine rings is 1. The Morgan fingerprint density at radius 3 is 2.75 bits per heavy atom. The molecule has 1 saturated heterocycles. The van der Waals surface area contributed by atoms with Gasteiger partial charge in [0, 0.05) is 19.5 Å². The first-order chi connectivity index (χ1) is 10.8. The molecule has 1 unspecified atom stereocenters. The Bertz CT molecular complexity index is 695. The minimum Gasteiger partial charge on any atom is -0.325 e. The molecular formula is C14H20Cl2FN3O3S. The average molecular weight is 400 g/mol. The van der Waals surface area contributed by atoms with Gasteiger partial charge in [0.25, 0.3) is 0 Å². The van der Waals surface area contributed by atoms with Crippen LogP contribution in [0.25, 0.3) is 0 Å². The van der Waals surface area contributed by atoms with Gasteiger partial charge in [-0.3, -0.25) is 4.79 Å². The van der Waals surface area contributed by atoms with Gasteiger partial charge in [-0.1, -0.05) is 11.6 Å². The van der Waals surface area contributed by atoms with Gasteiger partial charge in [0.2, 0.25) is 15.9 Å². The molecule has 24 heavy (non-hydrogen) atoms. The summed E-state index contributed by atoms with van der Waals surface area (Å²) < 4.78 is 41.0. The summed E-state index contributed by atoms with van der Waals surface area (Å²) in [6.45, 7) is 3.14. The van der Waals surface area contributed by atoms with Crippen LogP contribution in [0.2, 0.25) is 5.02 Å². The van der Waals surface area contributed by atoms with Gasteiger partial charge in [0.15, 0.2) is 0 Å². The summed E-state index contributed by atoms with van der Waals surface area (Å²) in [5.74, 6) is -1.21. The van der Waals surface area contributed by atoms with Crippen molar-refractivity contribution in [2.24, 2.45) is 5.92 Å². The molecule has 3 N–H and O–H groups in total. The van der Waals surface area contributed by atoms with Crippen molar-refractivity contribution >= 4 is 45.6 Å². The van der Waals surface area contributed by atoms with E-state index in [9.17, 15) is 17.6 Å². The minimum atomic E-state index is -4.01. The molecule has 10 heteroatoms. The molecule has 2 rings (SSSR count). The molecule has 1 fully saturated rings. The number of amides is 1. The van der Waals surface area contributed by atoms with Crippen LogP contribution in [0.3, 0.4) is 0 Å². The number of sulfonamides is 1. The van der Waals surface area contributed by atoms with Crippen LogP contribution in [0.4, 0.5) is 10.1 Å². The first-order valence-corrected chi connectivity index (χ1v) is 9.12. The van der Waals surface area contributed by atoms with Crippen molar-refractivity contribution in [3.8, 4) is 0 Å². The first kappa shape index (κ1) is 21.1. The number of anilines is 1. The standard InChI is InChI=1S/C14H19ClFN3O3S.ClH/c1-9(20)19-13-6-12(16)14(5-11(13)15)23(21,22)18-8-10-3-2-4-17-7-10;/h5-6,10,17-18H,2-4,7-8H2,1H3,(H,19,20);1H. The lowest BCUT2D eigenvalue weighted by Gasteiger charge is -2.23. The maximum Gasteiger partial charge on any atom is 0.243 e. The summed E-state index contributed by atoms with van der Waals surface area (Å²) in [4.78, 5) is 10.5. The number of halogens is 3. The van der Waals surface area contributed by atoms with E-state index < -0.39 is 26.6 Å². The highest BCUT2D eigenvalue weighted by atomic mass is 35.5. The van der Waals surface area contributed by atoms with Crippen molar-refractivity contribution in [3.05, 3.63) is 23.0 Å². The van der Waals surface area contributed by atoms with Crippen LogP contribution in [0, 0.1) is 11.7 Å². The second kappa shape index (κ2) is 8.96. The number of hydrogen-bond donors (Lipinski definition) is 3. The summed E-state index contributed by atoms with van der Waals surface area (Å²) in [6.07, 6.45) is 1.90. The van der Waals surface area contributed by atoms with Gasteiger partial charge >= 0.3 is 0 Å². The molecule has 1 atom stereocenters. The maximum absolute atomic E-state index is 14.1. The molecule has 0 bridgehead atoms. The molecule has 1 aromatic rings. The zero-order valence-corrected chi connectivity index (χ0v) is 15.5. The molecule has 136 valence electrons. The monoisotopic (exact) mass is 399 g/mol. The smallest absolute Gasteiger partial charge is 0.243 e. The van der Waals surface area contributed by atoms with Gasteiger partial charge in [-0.05, 0) is 37.9 Å². The van der Waals surface area contributed by atoms with Gasteiger partial charge in [0.05, 0.1) is 10.7 Å². The minimum absolute atomic E-state index is 0. The van der Waals surface area contributed by atoms with Crippen LogP contribution in [-0.2, 0) is 14.8 Å². The van der Waals surface area contributed by atoms with Gasteiger partial charge in [-0.15, -0.1) is 12.4 Å². The van der Waals surface area contributed by atoms with E-state index in [-0.39, 0.29) is 35.6 Å². The van der Waals surface area contributed by atoms with E-state index in [1.807, 2.05) is 0 Å². The largest absolute Gasteiger partial charge is 0.325 e. The van der Waals surface area contributed by atoms with Crippen molar-refractivity contribution in [1.29, 1.82) is 0 Å². The van der Waals surface area contributed by atoms with Crippen LogP contribution in [0.1, 0.15) is 19.8 Å². The Kier molecular flexibility index (Phi) is 7.88. The van der Waals surface area contributed by atoms with Crippen molar-refractivity contribution in [3.63, 3.8) is 0 Å². The van der Waals surface area contributed by atoms with Gasteiger partial charge < -0.3 is 10.6 Å². The summed E-state index contributed by atoms with van der Waals surface area (Å²) in [6, 6.07) is 1.91. The van der Waals surface area contributed by atoms with E-state index in [1.54, 1.807) is 0 Å². The fraction of sp³-hybridized carbons (Fsp3) is 0.500. The lowest BCUT2D eigenvalue weighted by Crippen LogP contribution is -2.38. The third-order valence-corrected chi connectivity index (χ3v) is 5.33. The quantitative estimate of drug-likeness (QED) is 0.707. The van der Waals surface area contributed by atoms with E-state index in [2.05, 4.69) is 15.4 Å². The first-order valence-electron chi connectivity index (χ1n) is 7.26. The highest BCUT2D eigenvalue weighted by Gasteiger charge is 2.23. The molecule has 1 amide bonds. The predicted molar refractivity (Wildman–Crippen MR) is 93.7 cm³/mol. The lowest BCUT2D eigenvalue weighted by atomic mass is 10.0. The van der Waals surface area contributed by atoms with Crippen LogP contribution in [0.15, 0.2) is 17.0 Å². The molecule has 1 heterocycles. The predicted octanol–water partition coefficient (Wildman–Crippen LogP) is 2.14. The summed E-state index contributed by atoms with van der Waals surface area (Å²) in [5, 5.41) is 5.49. The zero-order chi connectivity index (χ0) is 17.0. The van der Waals surface area contributed by atoms with Crippen molar-refractivity contribution in [1.82, 2.24) is 10.0 Å². The average Bonchev–Trinajstić information content (AvgIpc) is 2.49. The number of carbonyl (C=O) groups is 1. The van der Waals surface area contributed by atoms with Crippen LogP contribution < -0.4 is 15.4 Å². The second-order valence-electron chi connectivity index (χ2n) is 5.51. The molecule has 0 aliphatic carbocycles. The Hall–Kier alpha value is -0.930. The number of hydrogen-bond acceptors (Lipinski definition) is 4. The topological polar surface area (TPSA) is 87.3 Å². The third kappa shape index (κ3) is 5.56. The Morgan fingerprint density at radius 2 is 2.17 bits per heavy atom. The van der Waals surface area contributed by atoms with Gasteiger partial charge in [0.1, 0.15) is 10.7 Å². The maximum atomic E-state index is 14.1. The van der Waals surface area contributed by atoms with Crippen LogP contribution >= 0.6 is 24.0 Å². The molecule has 0 radical (unpaired) electrons. The highest BCUT2D eigenvalue weighted by molar-refractivity contribution is 7.89. The molecular weight excluding hydrogens is 380 g/mol. The van der Waals surface area contributed by atoms with E-state index in [4.69, 9.17) is 11.6 Å². The van der Waals surface area contributed by atoms with Crippen molar-refractivity contribution in [2.75, 3.05) is 25.0 Å². The molecule has 1 aliphatic heterocycles. The Morgan fingerprint density at radius 1 is 1.46 bits per heavy atom. The van der Waals surface area contributed by atoms with Crippen molar-refractivity contribution in [2.45, 2.75) is 24.7 Å². The normalized spacial score (nSPS) is 17.9. The van der Waals surface area contributed by atoms with E-state index in [1.165, 1.54) is 6.92 Å². The van der Waals surface area contributed by atoms with Crippen LogP contribution in [-0.4, -0.2) is 34.0 Å². The van der Waals surface area contributed by atoms with E-state index in [0.717, 1.165) is 38.1 Å². The SMILES string of the molecule is CC(=O)Nc1cc(F)c(S(=O)(=O)NCC2CCCNC2)cc1Cl.Cl. The molecule has 1 aliphatic rings. The van der Waals surface area contributed by atoms with Crippen LogP contribution in [0.5, 0.6) is 0 Å². The molecule has 0 aromatic heterocycles. The van der Waals surface area contributed by atoms with E-state index >= 15 is 0 Å². The summed E-state index contributed by atoms with van der Waals surface area (Å²) >= 11 is 5.92. The summed E-state index contributed by atoms with van der Waals surface area (Å²) in [7, 11) is -4.01. The number of benzene rings is 1. The van der Waals surface area contributed by atoms with E-state index in [0.29, 0.717) is 0 Å². The summed E-state index contributed by atoms with van der Waals surface area (Å²) in [5.41, 5.74) is 0.0343. The molecule has 0 spiro atoms. The number of rotatable bonds is 5. The number of carbonyl (C=O) groups excluding carboxylic acids is 1. The fourth-order valence-electron chi connectivity index (χ4n) is 2.42. The third-order valence-electron chi connectivity index (χ3n) is 3.58. The lowest BCUT2D eigenvalue weighted by molar-refractivity contribution is -0.114. The van der Waals surface area contributed by atoms with Crippen molar-refractivity contribution < 1.29 is 17.6 Å². The Balaban J connectivity index is 0.00000288. The highest BCUT2D eigenvalue weighted by Crippen LogP contribution is 2.28. The zero-order valence-electron chi connectivity index (χ0n) is 13.1. The molecule has 1 aromatic carbocycles.